The average molecular weight is 312 g/mol. The highest BCUT2D eigenvalue weighted by Crippen LogP contribution is 2.31. The van der Waals surface area contributed by atoms with E-state index in [0.29, 0.717) is 0 Å². The summed E-state index contributed by atoms with van der Waals surface area (Å²) in [7, 11) is 0. The molecule has 0 aromatic carbocycles. The minimum atomic E-state index is 0.192. The standard InChI is InChI=1S/C12H14BrN3S/c13-10-5-8-17-12(10)11(16-14)2-1-9-3-6-15-7-4-9/h3-8,11,16H,1-2,14H2. The van der Waals surface area contributed by atoms with Gasteiger partial charge in [-0.2, -0.15) is 0 Å². The van der Waals surface area contributed by atoms with E-state index in [1.54, 1.807) is 11.3 Å². The molecule has 0 aliphatic heterocycles. The predicted octanol–water partition coefficient (Wildman–Crippen LogP) is 3.04. The molecule has 2 aromatic rings. The largest absolute Gasteiger partial charge is 0.271 e. The number of hydrogen-bond acceptors (Lipinski definition) is 4. The third-order valence-corrected chi connectivity index (χ3v) is 4.62. The van der Waals surface area contributed by atoms with Crippen LogP contribution in [0.25, 0.3) is 0 Å². The molecule has 5 heteroatoms. The first-order valence-corrected chi connectivity index (χ1v) is 7.06. The lowest BCUT2D eigenvalue weighted by Gasteiger charge is -2.14. The van der Waals surface area contributed by atoms with Crippen molar-refractivity contribution in [3.63, 3.8) is 0 Å². The van der Waals surface area contributed by atoms with Gasteiger partial charge in [0.25, 0.3) is 0 Å². The van der Waals surface area contributed by atoms with Crippen molar-refractivity contribution in [2.45, 2.75) is 18.9 Å². The molecule has 0 saturated carbocycles. The molecule has 0 saturated heterocycles. The van der Waals surface area contributed by atoms with Crippen LogP contribution in [0.3, 0.4) is 0 Å². The number of hydrogen-bond donors (Lipinski definition) is 2. The van der Waals surface area contributed by atoms with E-state index in [0.717, 1.165) is 17.3 Å². The summed E-state index contributed by atoms with van der Waals surface area (Å²) in [5.74, 6) is 5.62. The molecule has 3 nitrogen and oxygen atoms in total. The Morgan fingerprint density at radius 2 is 2.12 bits per heavy atom. The number of pyridine rings is 1. The van der Waals surface area contributed by atoms with E-state index >= 15 is 0 Å². The second-order valence-corrected chi connectivity index (χ2v) is 5.55. The van der Waals surface area contributed by atoms with Crippen molar-refractivity contribution in [1.29, 1.82) is 0 Å². The molecule has 0 aliphatic rings. The molecule has 2 aromatic heterocycles. The first-order valence-electron chi connectivity index (χ1n) is 5.39. The normalized spacial score (nSPS) is 12.6. The summed E-state index contributed by atoms with van der Waals surface area (Å²) < 4.78 is 1.13. The zero-order valence-corrected chi connectivity index (χ0v) is 11.7. The first kappa shape index (κ1) is 12.7. The van der Waals surface area contributed by atoms with E-state index in [1.807, 2.05) is 24.5 Å². The third kappa shape index (κ3) is 3.35. The molecular weight excluding hydrogens is 298 g/mol. The Hall–Kier alpha value is -0.750. The molecule has 1 atom stereocenters. The molecule has 0 bridgehead atoms. The van der Waals surface area contributed by atoms with E-state index < -0.39 is 0 Å². The van der Waals surface area contributed by atoms with Crippen molar-refractivity contribution in [3.05, 3.63) is 50.9 Å². The van der Waals surface area contributed by atoms with Crippen molar-refractivity contribution in [3.8, 4) is 0 Å². The number of thiophene rings is 1. The van der Waals surface area contributed by atoms with Gasteiger partial charge in [-0.3, -0.25) is 16.3 Å². The highest BCUT2D eigenvalue weighted by molar-refractivity contribution is 9.10. The van der Waals surface area contributed by atoms with Gasteiger partial charge in [-0.25, -0.2) is 0 Å². The van der Waals surface area contributed by atoms with Crippen LogP contribution in [-0.2, 0) is 6.42 Å². The van der Waals surface area contributed by atoms with E-state index in [9.17, 15) is 0 Å². The number of nitrogens with zero attached hydrogens (tertiary/aromatic N) is 1. The lowest BCUT2D eigenvalue weighted by molar-refractivity contribution is 0.522. The van der Waals surface area contributed by atoms with Crippen molar-refractivity contribution in [1.82, 2.24) is 10.4 Å². The van der Waals surface area contributed by atoms with Crippen LogP contribution in [0.5, 0.6) is 0 Å². The fourth-order valence-electron chi connectivity index (χ4n) is 1.70. The van der Waals surface area contributed by atoms with Gasteiger partial charge in [0.2, 0.25) is 0 Å². The quantitative estimate of drug-likeness (QED) is 0.659. The number of aromatic nitrogens is 1. The molecule has 0 spiro atoms. The van der Waals surface area contributed by atoms with Crippen LogP contribution in [0.15, 0.2) is 40.4 Å². The lowest BCUT2D eigenvalue weighted by atomic mass is 10.1. The van der Waals surface area contributed by atoms with Gasteiger partial charge in [-0.05, 0) is 57.9 Å². The number of halogens is 1. The van der Waals surface area contributed by atoms with Gasteiger partial charge in [-0.1, -0.05) is 0 Å². The minimum Gasteiger partial charge on any atom is -0.271 e. The number of hydrazine groups is 1. The van der Waals surface area contributed by atoms with Crippen molar-refractivity contribution in [2.75, 3.05) is 0 Å². The molecule has 0 fully saturated rings. The zero-order chi connectivity index (χ0) is 12.1. The molecular formula is C12H14BrN3S. The maximum absolute atomic E-state index is 5.62. The maximum Gasteiger partial charge on any atom is 0.0567 e. The van der Waals surface area contributed by atoms with Crippen LogP contribution < -0.4 is 11.3 Å². The molecule has 0 radical (unpaired) electrons. The van der Waals surface area contributed by atoms with E-state index in [4.69, 9.17) is 5.84 Å². The monoisotopic (exact) mass is 311 g/mol. The Morgan fingerprint density at radius 1 is 1.35 bits per heavy atom. The van der Waals surface area contributed by atoms with E-state index in [2.05, 4.69) is 37.8 Å². The SMILES string of the molecule is NNC(CCc1ccncc1)c1sccc1Br. The topological polar surface area (TPSA) is 50.9 Å². The Balaban J connectivity index is 2.00. The summed E-state index contributed by atoms with van der Waals surface area (Å²) in [5, 5.41) is 2.07. The van der Waals surface area contributed by atoms with Crippen LogP contribution in [0.1, 0.15) is 22.9 Å². The zero-order valence-electron chi connectivity index (χ0n) is 9.27. The Morgan fingerprint density at radius 3 is 2.71 bits per heavy atom. The second-order valence-electron chi connectivity index (χ2n) is 3.75. The van der Waals surface area contributed by atoms with Gasteiger partial charge >= 0.3 is 0 Å². The van der Waals surface area contributed by atoms with Crippen LogP contribution in [0.4, 0.5) is 0 Å². The molecule has 3 N–H and O–H groups in total. The van der Waals surface area contributed by atoms with Crippen LogP contribution in [0.2, 0.25) is 0 Å². The number of nitrogens with two attached hydrogens (primary N) is 1. The minimum absolute atomic E-state index is 0.192. The van der Waals surface area contributed by atoms with Crippen LogP contribution in [-0.4, -0.2) is 4.98 Å². The Bertz CT molecular complexity index is 458. The summed E-state index contributed by atoms with van der Waals surface area (Å²) >= 11 is 5.25. The third-order valence-electron chi connectivity index (χ3n) is 2.63. The summed E-state index contributed by atoms with van der Waals surface area (Å²) in [4.78, 5) is 5.26. The second kappa shape index (κ2) is 6.26. The Kier molecular flexibility index (Phi) is 4.67. The van der Waals surface area contributed by atoms with E-state index in [-0.39, 0.29) is 6.04 Å². The number of aryl methyl sites for hydroxylation is 1. The average Bonchev–Trinajstić information content (AvgIpc) is 2.78. The first-order chi connectivity index (χ1) is 8.31. The van der Waals surface area contributed by atoms with Gasteiger partial charge in [0.05, 0.1) is 6.04 Å². The fourth-order valence-corrected chi connectivity index (χ4v) is 3.45. The molecule has 0 amide bonds. The number of rotatable bonds is 5. The Labute approximate surface area is 113 Å². The van der Waals surface area contributed by atoms with Gasteiger partial charge in [0.1, 0.15) is 0 Å². The molecule has 1 unspecified atom stereocenters. The van der Waals surface area contributed by atoms with Crippen molar-refractivity contribution < 1.29 is 0 Å². The molecule has 2 heterocycles. The molecule has 17 heavy (non-hydrogen) atoms. The summed E-state index contributed by atoms with van der Waals surface area (Å²) in [6.07, 6.45) is 5.60. The molecule has 2 rings (SSSR count). The summed E-state index contributed by atoms with van der Waals surface area (Å²) in [5.41, 5.74) is 4.17. The maximum atomic E-state index is 5.62. The van der Waals surface area contributed by atoms with Crippen LogP contribution >= 0.6 is 27.3 Å². The highest BCUT2D eigenvalue weighted by atomic mass is 79.9. The van der Waals surface area contributed by atoms with Crippen LogP contribution in [0, 0.1) is 0 Å². The lowest BCUT2D eigenvalue weighted by Crippen LogP contribution is -2.28. The molecule has 0 aliphatic carbocycles. The summed E-state index contributed by atoms with van der Waals surface area (Å²) in [6, 6.07) is 6.32. The van der Waals surface area contributed by atoms with Gasteiger partial charge in [0.15, 0.2) is 0 Å². The van der Waals surface area contributed by atoms with Gasteiger partial charge < -0.3 is 0 Å². The smallest absolute Gasteiger partial charge is 0.0567 e. The molecule has 90 valence electrons. The van der Waals surface area contributed by atoms with Gasteiger partial charge in [0, 0.05) is 21.7 Å². The highest BCUT2D eigenvalue weighted by Gasteiger charge is 2.14. The summed E-state index contributed by atoms with van der Waals surface area (Å²) in [6.45, 7) is 0. The number of nitrogens with one attached hydrogen (secondary N) is 1. The fraction of sp³-hybridized carbons (Fsp3) is 0.250. The van der Waals surface area contributed by atoms with Crippen molar-refractivity contribution >= 4 is 27.3 Å². The van der Waals surface area contributed by atoms with Crippen molar-refractivity contribution in [2.24, 2.45) is 5.84 Å². The van der Waals surface area contributed by atoms with Gasteiger partial charge in [-0.15, -0.1) is 11.3 Å². The predicted molar refractivity (Wildman–Crippen MR) is 74.6 cm³/mol. The van der Waals surface area contributed by atoms with E-state index in [1.165, 1.54) is 10.4 Å².